The molecule has 0 N–H and O–H groups in total. The summed E-state index contributed by atoms with van der Waals surface area (Å²) in [6.45, 7) is 9.56. The van der Waals surface area contributed by atoms with Crippen molar-refractivity contribution >= 4 is 44.2 Å². The second-order valence-corrected chi connectivity index (χ2v) is 8.52. The molecular weight excluding hydrogens is 418 g/mol. The van der Waals surface area contributed by atoms with E-state index in [1.807, 2.05) is 48.2 Å². The summed E-state index contributed by atoms with van der Waals surface area (Å²) in [5, 5.41) is 1.37. The maximum absolute atomic E-state index is 13.3. The first kappa shape index (κ1) is 22.5. The Kier molecular flexibility index (Phi) is 7.69. The molecular formula is C23H28ClN3O2S. The van der Waals surface area contributed by atoms with Crippen molar-refractivity contribution in [2.45, 2.75) is 27.2 Å². The summed E-state index contributed by atoms with van der Waals surface area (Å²) in [7, 11) is 1.63. The smallest absolute Gasteiger partial charge is 0.233 e. The van der Waals surface area contributed by atoms with Crippen LogP contribution in [-0.4, -0.2) is 49.1 Å². The summed E-state index contributed by atoms with van der Waals surface area (Å²) < 4.78 is 6.14. The third-order valence-corrected chi connectivity index (χ3v) is 6.81. The lowest BCUT2D eigenvalue weighted by Crippen LogP contribution is -2.39. The maximum atomic E-state index is 13.3. The van der Waals surface area contributed by atoms with E-state index >= 15 is 0 Å². The molecule has 5 nitrogen and oxygen atoms in total. The minimum atomic E-state index is 0.0279. The molecule has 0 atom stereocenters. The summed E-state index contributed by atoms with van der Waals surface area (Å²) in [4.78, 5) is 22.2. The van der Waals surface area contributed by atoms with Crippen molar-refractivity contribution in [2.75, 3.05) is 38.2 Å². The second kappa shape index (κ2) is 10.2. The van der Waals surface area contributed by atoms with Crippen LogP contribution >= 0.6 is 22.9 Å². The van der Waals surface area contributed by atoms with Crippen LogP contribution in [0, 0.1) is 6.92 Å². The van der Waals surface area contributed by atoms with E-state index in [1.54, 1.807) is 7.11 Å². The molecule has 1 heterocycles. The minimum absolute atomic E-state index is 0.0279. The molecule has 7 heteroatoms. The molecule has 1 aromatic heterocycles. The second-order valence-electron chi connectivity index (χ2n) is 7.14. The largest absolute Gasteiger partial charge is 0.497 e. The van der Waals surface area contributed by atoms with Crippen LogP contribution in [0.5, 0.6) is 5.75 Å². The quantitative estimate of drug-likeness (QED) is 0.455. The molecule has 0 aliphatic carbocycles. The SMILES string of the molecule is CCN(CC)CCN(C(=O)Cc1ccc(OC)cc1)c1nc2c(C)ccc(Cl)c2s1. The molecule has 30 heavy (non-hydrogen) atoms. The van der Waals surface area contributed by atoms with Gasteiger partial charge in [-0.1, -0.05) is 55.0 Å². The lowest BCUT2D eigenvalue weighted by atomic mass is 10.1. The number of ether oxygens (including phenoxy) is 1. The highest BCUT2D eigenvalue weighted by Gasteiger charge is 2.22. The predicted molar refractivity (Wildman–Crippen MR) is 126 cm³/mol. The monoisotopic (exact) mass is 445 g/mol. The molecule has 0 saturated carbocycles. The number of hydrogen-bond acceptors (Lipinski definition) is 5. The van der Waals surface area contributed by atoms with E-state index in [2.05, 4.69) is 18.7 Å². The van der Waals surface area contributed by atoms with Crippen molar-refractivity contribution in [1.82, 2.24) is 9.88 Å². The molecule has 0 radical (unpaired) electrons. The van der Waals surface area contributed by atoms with E-state index in [4.69, 9.17) is 21.3 Å². The van der Waals surface area contributed by atoms with Crippen LogP contribution in [-0.2, 0) is 11.2 Å². The standard InChI is InChI=1S/C23H28ClN3O2S/c1-5-26(6-2)13-14-27(20(28)15-17-8-10-18(29-4)11-9-17)23-25-21-16(3)7-12-19(24)22(21)30-23/h7-12H,5-6,13-15H2,1-4H3. The van der Waals surface area contributed by atoms with E-state index < -0.39 is 0 Å². The number of fused-ring (bicyclic) bond motifs is 1. The molecule has 3 rings (SSSR count). The summed E-state index contributed by atoms with van der Waals surface area (Å²) in [5.74, 6) is 0.807. The van der Waals surface area contributed by atoms with Gasteiger partial charge in [0.25, 0.3) is 0 Å². The van der Waals surface area contributed by atoms with Crippen LogP contribution < -0.4 is 9.64 Å². The third-order valence-electron chi connectivity index (χ3n) is 5.27. The topological polar surface area (TPSA) is 45.7 Å². The van der Waals surface area contributed by atoms with Gasteiger partial charge in [0, 0.05) is 13.1 Å². The van der Waals surface area contributed by atoms with E-state index in [1.165, 1.54) is 11.3 Å². The number of halogens is 1. The fourth-order valence-electron chi connectivity index (χ4n) is 3.33. The Balaban J connectivity index is 1.90. The van der Waals surface area contributed by atoms with Gasteiger partial charge in [0.05, 0.1) is 28.8 Å². The van der Waals surface area contributed by atoms with Crippen molar-refractivity contribution in [2.24, 2.45) is 0 Å². The van der Waals surface area contributed by atoms with Gasteiger partial charge in [0.1, 0.15) is 5.75 Å². The zero-order chi connectivity index (χ0) is 21.7. The highest BCUT2D eigenvalue weighted by Crippen LogP contribution is 2.35. The van der Waals surface area contributed by atoms with Crippen molar-refractivity contribution in [1.29, 1.82) is 0 Å². The van der Waals surface area contributed by atoms with Crippen molar-refractivity contribution in [3.8, 4) is 5.75 Å². The van der Waals surface area contributed by atoms with Crippen LogP contribution in [0.3, 0.4) is 0 Å². The minimum Gasteiger partial charge on any atom is -0.497 e. The predicted octanol–water partition coefficient (Wildman–Crippen LogP) is 5.18. The Bertz CT molecular complexity index is 961. The first-order chi connectivity index (χ1) is 14.5. The number of rotatable bonds is 9. The molecule has 0 saturated heterocycles. The van der Waals surface area contributed by atoms with Crippen LogP contribution in [0.15, 0.2) is 36.4 Å². The summed E-state index contributed by atoms with van der Waals surface area (Å²) in [5.41, 5.74) is 2.87. The van der Waals surface area contributed by atoms with Gasteiger partial charge in [0.15, 0.2) is 5.13 Å². The van der Waals surface area contributed by atoms with Gasteiger partial charge in [0.2, 0.25) is 5.91 Å². The Labute approximate surface area is 187 Å². The van der Waals surface area contributed by atoms with Crippen molar-refractivity contribution < 1.29 is 9.53 Å². The highest BCUT2D eigenvalue weighted by atomic mass is 35.5. The Morgan fingerprint density at radius 3 is 2.40 bits per heavy atom. The van der Waals surface area contributed by atoms with E-state index in [9.17, 15) is 4.79 Å². The number of carbonyl (C=O) groups excluding carboxylic acids is 1. The number of benzene rings is 2. The van der Waals surface area contributed by atoms with Gasteiger partial charge < -0.3 is 9.64 Å². The van der Waals surface area contributed by atoms with Crippen LogP contribution in [0.25, 0.3) is 10.2 Å². The Morgan fingerprint density at radius 1 is 1.10 bits per heavy atom. The van der Waals surface area contributed by atoms with Gasteiger partial charge in [-0.15, -0.1) is 0 Å². The zero-order valence-electron chi connectivity index (χ0n) is 17.9. The lowest BCUT2D eigenvalue weighted by Gasteiger charge is -2.24. The Morgan fingerprint density at radius 2 is 1.80 bits per heavy atom. The molecule has 1 amide bonds. The van der Waals surface area contributed by atoms with Crippen LogP contribution in [0.1, 0.15) is 25.0 Å². The van der Waals surface area contributed by atoms with Crippen LogP contribution in [0.2, 0.25) is 5.02 Å². The summed E-state index contributed by atoms with van der Waals surface area (Å²) in [6, 6.07) is 11.5. The average Bonchev–Trinajstić information content (AvgIpc) is 3.21. The number of thiazole rings is 1. The third kappa shape index (κ3) is 5.12. The van der Waals surface area contributed by atoms with Gasteiger partial charge in [-0.25, -0.2) is 4.98 Å². The Hall–Kier alpha value is -2.15. The number of nitrogens with zero attached hydrogens (tertiary/aromatic N) is 3. The number of methoxy groups -OCH3 is 1. The number of hydrogen-bond donors (Lipinski definition) is 0. The molecule has 0 spiro atoms. The lowest BCUT2D eigenvalue weighted by molar-refractivity contribution is -0.118. The number of anilines is 1. The fourth-order valence-corrected chi connectivity index (χ4v) is 4.69. The van der Waals surface area contributed by atoms with Gasteiger partial charge in [-0.2, -0.15) is 0 Å². The van der Waals surface area contributed by atoms with Gasteiger partial charge >= 0.3 is 0 Å². The fraction of sp³-hybridized carbons (Fsp3) is 0.391. The molecule has 0 fully saturated rings. The van der Waals surface area contributed by atoms with Crippen LogP contribution in [0.4, 0.5) is 5.13 Å². The number of likely N-dealkylation sites (N-methyl/N-ethyl adjacent to an activating group) is 1. The number of amides is 1. The molecule has 0 unspecified atom stereocenters. The average molecular weight is 446 g/mol. The molecule has 0 bridgehead atoms. The van der Waals surface area contributed by atoms with Crippen molar-refractivity contribution in [3.63, 3.8) is 0 Å². The highest BCUT2D eigenvalue weighted by molar-refractivity contribution is 7.23. The molecule has 0 aliphatic rings. The van der Waals surface area contributed by atoms with E-state index in [0.29, 0.717) is 23.1 Å². The maximum Gasteiger partial charge on any atom is 0.233 e. The van der Waals surface area contributed by atoms with E-state index in [-0.39, 0.29) is 5.91 Å². The normalized spacial score (nSPS) is 11.3. The molecule has 0 aliphatic heterocycles. The number of aryl methyl sites for hydroxylation is 1. The molecule has 2 aromatic carbocycles. The zero-order valence-corrected chi connectivity index (χ0v) is 19.5. The van der Waals surface area contributed by atoms with Gasteiger partial charge in [-0.3, -0.25) is 9.69 Å². The summed E-state index contributed by atoms with van der Waals surface area (Å²) >= 11 is 7.89. The number of aromatic nitrogens is 1. The van der Waals surface area contributed by atoms with Gasteiger partial charge in [-0.05, 0) is 49.3 Å². The first-order valence-corrected chi connectivity index (χ1v) is 11.4. The summed E-state index contributed by atoms with van der Waals surface area (Å²) in [6.07, 6.45) is 0.310. The molecule has 3 aromatic rings. The number of carbonyl (C=O) groups is 1. The first-order valence-electron chi connectivity index (χ1n) is 10.2. The van der Waals surface area contributed by atoms with Crippen molar-refractivity contribution in [3.05, 3.63) is 52.5 Å². The molecule has 160 valence electrons. The van der Waals surface area contributed by atoms with E-state index in [0.717, 1.165) is 46.7 Å².